The van der Waals surface area contributed by atoms with Crippen molar-refractivity contribution in [3.05, 3.63) is 11.6 Å². The molecule has 0 amide bonds. The van der Waals surface area contributed by atoms with E-state index >= 15 is 0 Å². The largest absolute Gasteiger partial charge is 0.0799 e. The predicted molar refractivity (Wildman–Crippen MR) is 69.0 cm³/mol. The molecule has 0 nitrogen and oxygen atoms in total. The molecule has 0 aromatic rings. The molecule has 0 aromatic heterocycles. The highest BCUT2D eigenvalue weighted by Gasteiger charge is 2.27. The minimum Gasteiger partial charge on any atom is -0.0799 e. The fourth-order valence-corrected chi connectivity index (χ4v) is 2.61. The summed E-state index contributed by atoms with van der Waals surface area (Å²) in [4.78, 5) is 0. The summed E-state index contributed by atoms with van der Waals surface area (Å²) < 4.78 is 0. The van der Waals surface area contributed by atoms with Crippen LogP contribution in [0.1, 0.15) is 67.2 Å². The van der Waals surface area contributed by atoms with E-state index in [-0.39, 0.29) is 0 Å². The third-order valence-corrected chi connectivity index (χ3v) is 3.49. The molecule has 0 bridgehead atoms. The number of hydrogen-bond acceptors (Lipinski definition) is 0. The van der Waals surface area contributed by atoms with E-state index in [1.165, 1.54) is 25.7 Å². The van der Waals surface area contributed by atoms with E-state index in [2.05, 4.69) is 47.6 Å². The first-order chi connectivity index (χ1) is 6.68. The lowest BCUT2D eigenvalue weighted by molar-refractivity contribution is 0.196. The molecule has 0 heteroatoms. The van der Waals surface area contributed by atoms with Crippen LogP contribution in [0.4, 0.5) is 0 Å². The third kappa shape index (κ3) is 4.40. The third-order valence-electron chi connectivity index (χ3n) is 3.49. The Labute approximate surface area is 96.2 Å². The first kappa shape index (κ1) is 12.8. The van der Waals surface area contributed by atoms with Crippen LogP contribution in [0.3, 0.4) is 0 Å². The first-order valence-electron chi connectivity index (χ1n) is 6.39. The van der Waals surface area contributed by atoms with Crippen molar-refractivity contribution in [2.24, 2.45) is 16.7 Å². The van der Waals surface area contributed by atoms with Gasteiger partial charge in [-0.25, -0.2) is 0 Å². The monoisotopic (exact) mass is 208 g/mol. The highest BCUT2D eigenvalue weighted by molar-refractivity contribution is 5.10. The topological polar surface area (TPSA) is 0 Å². The molecular weight excluding hydrogens is 180 g/mol. The summed E-state index contributed by atoms with van der Waals surface area (Å²) in [5.74, 6) is 0.926. The standard InChI is InChI=1S/C15H28/c1-14(2,3)11-12-7-9-13(10-8-12)15(4,5)6/h11,13H,7-10H2,1-6H3. The van der Waals surface area contributed by atoms with Gasteiger partial charge in [0.25, 0.3) is 0 Å². The van der Waals surface area contributed by atoms with Crippen molar-refractivity contribution in [1.29, 1.82) is 0 Å². The summed E-state index contributed by atoms with van der Waals surface area (Å²) in [5.41, 5.74) is 2.57. The van der Waals surface area contributed by atoms with Crippen LogP contribution in [0.5, 0.6) is 0 Å². The molecule has 0 aromatic carbocycles. The van der Waals surface area contributed by atoms with E-state index in [0.29, 0.717) is 10.8 Å². The molecule has 0 radical (unpaired) electrons. The Hall–Kier alpha value is -0.260. The second kappa shape index (κ2) is 4.31. The molecular formula is C15H28. The zero-order valence-electron chi connectivity index (χ0n) is 11.5. The average Bonchev–Trinajstić information content (AvgIpc) is 2.00. The van der Waals surface area contributed by atoms with Crippen molar-refractivity contribution >= 4 is 0 Å². The van der Waals surface area contributed by atoms with Gasteiger partial charge in [0.05, 0.1) is 0 Å². The van der Waals surface area contributed by atoms with E-state index in [1.807, 2.05) is 0 Å². The molecule has 0 unspecified atom stereocenters. The maximum Gasteiger partial charge on any atom is -0.0200 e. The Bertz CT molecular complexity index is 222. The van der Waals surface area contributed by atoms with Gasteiger partial charge in [0.2, 0.25) is 0 Å². The molecule has 0 aliphatic heterocycles. The Morgan fingerprint density at radius 1 is 0.933 bits per heavy atom. The van der Waals surface area contributed by atoms with Gasteiger partial charge in [-0.3, -0.25) is 0 Å². The van der Waals surface area contributed by atoms with Gasteiger partial charge >= 0.3 is 0 Å². The van der Waals surface area contributed by atoms with Crippen molar-refractivity contribution in [1.82, 2.24) is 0 Å². The van der Waals surface area contributed by atoms with E-state index < -0.39 is 0 Å². The maximum absolute atomic E-state index is 2.49. The van der Waals surface area contributed by atoms with E-state index in [1.54, 1.807) is 5.57 Å². The molecule has 0 spiro atoms. The zero-order chi connectivity index (χ0) is 11.7. The van der Waals surface area contributed by atoms with Crippen molar-refractivity contribution in [3.63, 3.8) is 0 Å². The number of rotatable bonds is 0. The fraction of sp³-hybridized carbons (Fsp3) is 0.867. The van der Waals surface area contributed by atoms with Crippen LogP contribution < -0.4 is 0 Å². The summed E-state index contributed by atoms with van der Waals surface area (Å²) >= 11 is 0. The van der Waals surface area contributed by atoms with Gasteiger partial charge in [-0.05, 0) is 42.4 Å². The Balaban J connectivity index is 2.54. The molecule has 1 saturated carbocycles. The van der Waals surface area contributed by atoms with Gasteiger partial charge in [0, 0.05) is 0 Å². The highest BCUT2D eigenvalue weighted by Crippen LogP contribution is 2.40. The molecule has 15 heavy (non-hydrogen) atoms. The van der Waals surface area contributed by atoms with Crippen LogP contribution in [-0.4, -0.2) is 0 Å². The normalized spacial score (nSPS) is 24.1. The molecule has 1 rings (SSSR count). The second-order valence-electron chi connectivity index (χ2n) is 7.31. The van der Waals surface area contributed by atoms with Gasteiger partial charge in [-0.1, -0.05) is 53.2 Å². The van der Waals surface area contributed by atoms with Gasteiger partial charge in [-0.15, -0.1) is 0 Å². The van der Waals surface area contributed by atoms with Gasteiger partial charge in [0.15, 0.2) is 0 Å². The summed E-state index contributed by atoms with van der Waals surface area (Å²) in [6.07, 6.45) is 7.95. The van der Waals surface area contributed by atoms with Crippen molar-refractivity contribution in [2.75, 3.05) is 0 Å². The van der Waals surface area contributed by atoms with Gasteiger partial charge < -0.3 is 0 Å². The molecule has 1 aliphatic carbocycles. The molecule has 1 fully saturated rings. The fourth-order valence-electron chi connectivity index (χ4n) is 2.61. The van der Waals surface area contributed by atoms with Crippen LogP contribution in [0.15, 0.2) is 11.6 Å². The lowest BCUT2D eigenvalue weighted by Crippen LogP contribution is -2.23. The molecule has 1 aliphatic rings. The maximum atomic E-state index is 2.49. The first-order valence-corrected chi connectivity index (χ1v) is 6.39. The molecule has 0 N–H and O–H groups in total. The minimum absolute atomic E-state index is 0.365. The highest BCUT2D eigenvalue weighted by atomic mass is 14.3. The van der Waals surface area contributed by atoms with E-state index in [0.717, 1.165) is 5.92 Å². The smallest absolute Gasteiger partial charge is 0.0200 e. The Kier molecular flexibility index (Phi) is 3.68. The summed E-state index contributed by atoms with van der Waals surface area (Å²) in [5, 5.41) is 0. The van der Waals surface area contributed by atoms with Crippen molar-refractivity contribution in [3.8, 4) is 0 Å². The van der Waals surface area contributed by atoms with Crippen molar-refractivity contribution in [2.45, 2.75) is 67.2 Å². The van der Waals surface area contributed by atoms with Gasteiger partial charge in [-0.2, -0.15) is 0 Å². The van der Waals surface area contributed by atoms with E-state index in [4.69, 9.17) is 0 Å². The predicted octanol–water partition coefficient (Wildman–Crippen LogP) is 5.20. The number of hydrogen-bond donors (Lipinski definition) is 0. The quantitative estimate of drug-likeness (QED) is 0.480. The second-order valence-corrected chi connectivity index (χ2v) is 7.31. The Morgan fingerprint density at radius 2 is 1.40 bits per heavy atom. The summed E-state index contributed by atoms with van der Waals surface area (Å²) in [7, 11) is 0. The average molecular weight is 208 g/mol. The molecule has 0 heterocycles. The molecule has 0 saturated heterocycles. The minimum atomic E-state index is 0.365. The Morgan fingerprint density at radius 3 is 1.73 bits per heavy atom. The van der Waals surface area contributed by atoms with Gasteiger partial charge in [0.1, 0.15) is 0 Å². The number of allylic oxidation sites excluding steroid dienone is 2. The molecule has 88 valence electrons. The SMILES string of the molecule is CC(C)(C)C=C1CCC(C(C)(C)C)CC1. The molecule has 0 atom stereocenters. The van der Waals surface area contributed by atoms with Crippen LogP contribution in [0.25, 0.3) is 0 Å². The van der Waals surface area contributed by atoms with Crippen molar-refractivity contribution < 1.29 is 0 Å². The summed E-state index contributed by atoms with van der Waals surface area (Å²) in [6.45, 7) is 14.1. The lowest BCUT2D eigenvalue weighted by atomic mass is 9.70. The lowest BCUT2D eigenvalue weighted by Gasteiger charge is -2.35. The zero-order valence-corrected chi connectivity index (χ0v) is 11.5. The van der Waals surface area contributed by atoms with Crippen LogP contribution in [-0.2, 0) is 0 Å². The van der Waals surface area contributed by atoms with Crippen LogP contribution >= 0.6 is 0 Å². The van der Waals surface area contributed by atoms with Crippen LogP contribution in [0, 0.1) is 16.7 Å². The summed E-state index contributed by atoms with van der Waals surface area (Å²) in [6, 6.07) is 0. The van der Waals surface area contributed by atoms with E-state index in [9.17, 15) is 0 Å². The van der Waals surface area contributed by atoms with Crippen LogP contribution in [0.2, 0.25) is 0 Å².